The Hall–Kier alpha value is -3.70. The lowest BCUT2D eigenvalue weighted by molar-refractivity contribution is 0.102. The van der Waals surface area contributed by atoms with E-state index in [1.54, 1.807) is 56.3 Å². The third-order valence-electron chi connectivity index (χ3n) is 5.78. The second-order valence-electron chi connectivity index (χ2n) is 8.31. The summed E-state index contributed by atoms with van der Waals surface area (Å²) in [5, 5.41) is 23.7. The number of benzene rings is 4. The summed E-state index contributed by atoms with van der Waals surface area (Å²) >= 11 is 12.1. The van der Waals surface area contributed by atoms with Crippen LogP contribution in [0.4, 0.5) is 17.1 Å². The maximum absolute atomic E-state index is 13.3. The van der Waals surface area contributed by atoms with E-state index in [-0.39, 0.29) is 22.0 Å². The smallest absolute Gasteiger partial charge is 0.296 e. The molecule has 9 nitrogen and oxygen atoms in total. The largest absolute Gasteiger partial charge is 0.505 e. The lowest BCUT2D eigenvalue weighted by Gasteiger charge is -2.14. The van der Waals surface area contributed by atoms with Crippen molar-refractivity contribution >= 4 is 67.1 Å². The first-order valence-electron chi connectivity index (χ1n) is 11.7. The van der Waals surface area contributed by atoms with Crippen molar-refractivity contribution in [1.82, 2.24) is 0 Å². The number of amides is 1. The second kappa shape index (κ2) is 11.6. The Morgan fingerprint density at radius 1 is 1.03 bits per heavy atom. The number of hydrogen-bond acceptors (Lipinski definition) is 7. The fourth-order valence-electron chi connectivity index (χ4n) is 3.92. The molecule has 3 N–H and O–H groups in total. The van der Waals surface area contributed by atoms with E-state index in [1.807, 2.05) is 0 Å². The predicted octanol–water partition coefficient (Wildman–Crippen LogP) is 7.73. The van der Waals surface area contributed by atoms with Crippen LogP contribution < -0.4 is 10.1 Å². The predicted molar refractivity (Wildman–Crippen MR) is 151 cm³/mol. The van der Waals surface area contributed by atoms with Gasteiger partial charge in [-0.15, -0.1) is 5.11 Å². The monoisotopic (exact) mass is 587 g/mol. The minimum absolute atomic E-state index is 0.0245. The number of carbonyl (C=O) groups excluding carboxylic acids is 1. The highest BCUT2D eigenvalue weighted by atomic mass is 35.5. The molecule has 12 heteroatoms. The molecule has 39 heavy (non-hydrogen) atoms. The van der Waals surface area contributed by atoms with Gasteiger partial charge in [-0.1, -0.05) is 54.4 Å². The summed E-state index contributed by atoms with van der Waals surface area (Å²) in [7, 11) is -4.54. The van der Waals surface area contributed by atoms with Crippen LogP contribution in [0, 0.1) is 0 Å². The molecular weight excluding hydrogens is 565 g/mol. The van der Waals surface area contributed by atoms with Gasteiger partial charge in [0.05, 0.1) is 28.6 Å². The molecule has 0 saturated heterocycles. The number of ether oxygens (including phenoxy) is 1. The van der Waals surface area contributed by atoms with Crippen LogP contribution >= 0.6 is 23.2 Å². The minimum Gasteiger partial charge on any atom is -0.505 e. The van der Waals surface area contributed by atoms with Gasteiger partial charge in [0.15, 0.2) is 5.75 Å². The van der Waals surface area contributed by atoms with Crippen molar-refractivity contribution in [2.24, 2.45) is 10.2 Å². The van der Waals surface area contributed by atoms with Gasteiger partial charge >= 0.3 is 0 Å². The zero-order chi connectivity index (χ0) is 28.3. The van der Waals surface area contributed by atoms with Gasteiger partial charge < -0.3 is 15.2 Å². The number of azo groups is 1. The van der Waals surface area contributed by atoms with Crippen molar-refractivity contribution in [3.63, 3.8) is 0 Å². The van der Waals surface area contributed by atoms with Crippen molar-refractivity contribution in [3.05, 3.63) is 81.8 Å². The van der Waals surface area contributed by atoms with Gasteiger partial charge in [0.2, 0.25) is 0 Å². The van der Waals surface area contributed by atoms with Gasteiger partial charge in [-0.3, -0.25) is 9.35 Å². The highest BCUT2D eigenvalue weighted by Crippen LogP contribution is 2.41. The van der Waals surface area contributed by atoms with Gasteiger partial charge in [-0.05, 0) is 54.6 Å². The topological polar surface area (TPSA) is 138 Å². The Kier molecular flexibility index (Phi) is 8.41. The van der Waals surface area contributed by atoms with Crippen LogP contribution in [0.1, 0.15) is 29.8 Å². The lowest BCUT2D eigenvalue weighted by atomic mass is 10.0. The molecule has 4 aromatic rings. The Balaban J connectivity index is 1.80. The van der Waals surface area contributed by atoms with Crippen LogP contribution in [-0.2, 0) is 16.5 Å². The van der Waals surface area contributed by atoms with Crippen molar-refractivity contribution in [1.29, 1.82) is 0 Å². The van der Waals surface area contributed by atoms with E-state index in [2.05, 4.69) is 15.5 Å². The van der Waals surface area contributed by atoms with E-state index >= 15 is 0 Å². The number of aromatic hydroxyl groups is 1. The number of rotatable bonds is 8. The average Bonchev–Trinajstić information content (AvgIpc) is 2.88. The van der Waals surface area contributed by atoms with E-state index in [9.17, 15) is 22.9 Å². The first-order chi connectivity index (χ1) is 18.5. The number of aryl methyl sites for hydroxylation is 1. The van der Waals surface area contributed by atoms with Crippen LogP contribution in [0.2, 0.25) is 10.0 Å². The van der Waals surface area contributed by atoms with E-state index in [4.69, 9.17) is 27.9 Å². The van der Waals surface area contributed by atoms with Crippen molar-refractivity contribution < 1.29 is 27.6 Å². The van der Waals surface area contributed by atoms with E-state index in [1.165, 1.54) is 18.2 Å². The fraction of sp³-hybridized carbons (Fsp3) is 0.148. The zero-order valence-electron chi connectivity index (χ0n) is 20.8. The second-order valence-corrected chi connectivity index (χ2v) is 10.5. The summed E-state index contributed by atoms with van der Waals surface area (Å²) in [5.74, 6) is -0.663. The number of nitrogens with zero attached hydrogens (tertiary/aromatic N) is 2. The summed E-state index contributed by atoms with van der Waals surface area (Å²) in [5.41, 5.74) is 1.01. The van der Waals surface area contributed by atoms with Crippen LogP contribution in [0.15, 0.2) is 75.8 Å². The first-order valence-corrected chi connectivity index (χ1v) is 13.9. The number of hydrogen-bond donors (Lipinski definition) is 3. The van der Waals surface area contributed by atoms with Crippen molar-refractivity contribution in [3.8, 4) is 11.5 Å². The summed E-state index contributed by atoms with van der Waals surface area (Å²) in [6, 6.07) is 15.8. The normalized spacial score (nSPS) is 11.7. The number of nitrogens with one attached hydrogen (secondary N) is 1. The zero-order valence-corrected chi connectivity index (χ0v) is 23.1. The molecule has 0 spiro atoms. The molecule has 4 aromatic carbocycles. The van der Waals surface area contributed by atoms with Crippen LogP contribution in [0.3, 0.4) is 0 Å². The van der Waals surface area contributed by atoms with Gasteiger partial charge in [-0.25, -0.2) is 0 Å². The van der Waals surface area contributed by atoms with Gasteiger partial charge in [0.25, 0.3) is 16.0 Å². The highest BCUT2D eigenvalue weighted by molar-refractivity contribution is 7.86. The molecule has 0 bridgehead atoms. The SMILES string of the molecule is CCOc1cc(Cl)ccc1NC(=O)c1cc2ccccc2c(N=Nc2cc(Cl)c(S(=O)(=O)O)cc2CC)c1O. The molecular formula is C27H23Cl2N3O6S. The van der Waals surface area contributed by atoms with Crippen LogP contribution in [-0.4, -0.2) is 30.6 Å². The number of carbonyl (C=O) groups is 1. The number of halogens is 2. The van der Waals surface area contributed by atoms with Gasteiger partial charge in [0.1, 0.15) is 16.3 Å². The lowest BCUT2D eigenvalue weighted by Crippen LogP contribution is -2.13. The van der Waals surface area contributed by atoms with Gasteiger partial charge in [0, 0.05) is 16.5 Å². The van der Waals surface area contributed by atoms with Crippen LogP contribution in [0.5, 0.6) is 11.5 Å². The summed E-state index contributed by atoms with van der Waals surface area (Å²) in [4.78, 5) is 12.8. The standard InChI is InChI=1S/C27H23Cl2N3O6S/c1-3-15-12-24(39(35,36)37)20(29)14-22(15)31-32-25-18-8-6-5-7-16(18)11-19(26(25)33)27(34)30-21-10-9-17(28)13-23(21)38-4-2/h5-14,33H,3-4H2,1-2H3,(H,30,34)(H,35,36,37). The van der Waals surface area contributed by atoms with Crippen LogP contribution in [0.25, 0.3) is 10.8 Å². The third-order valence-corrected chi connectivity index (χ3v) is 7.33. The highest BCUT2D eigenvalue weighted by Gasteiger charge is 2.21. The molecule has 0 atom stereocenters. The van der Waals surface area contributed by atoms with Crippen molar-refractivity contribution in [2.45, 2.75) is 25.2 Å². The van der Waals surface area contributed by atoms with E-state index < -0.39 is 26.7 Å². The summed E-state index contributed by atoms with van der Waals surface area (Å²) in [6.45, 7) is 3.91. The van der Waals surface area contributed by atoms with E-state index in [0.29, 0.717) is 45.8 Å². The Bertz CT molecular complexity index is 1720. The molecule has 0 unspecified atom stereocenters. The first kappa shape index (κ1) is 28.3. The van der Waals surface area contributed by atoms with E-state index in [0.717, 1.165) is 0 Å². The summed E-state index contributed by atoms with van der Waals surface area (Å²) < 4.78 is 38.3. The molecule has 4 rings (SSSR count). The van der Waals surface area contributed by atoms with Crippen molar-refractivity contribution in [2.75, 3.05) is 11.9 Å². The number of anilines is 1. The molecule has 0 saturated carbocycles. The molecule has 0 heterocycles. The third kappa shape index (κ3) is 6.15. The number of phenols is 1. The molecule has 202 valence electrons. The molecule has 0 fully saturated rings. The Labute approximate surface area is 234 Å². The molecule has 0 aromatic heterocycles. The maximum atomic E-state index is 13.3. The summed E-state index contributed by atoms with van der Waals surface area (Å²) in [6.07, 6.45) is 0.354. The van der Waals surface area contributed by atoms with Gasteiger partial charge in [-0.2, -0.15) is 13.5 Å². The average molecular weight is 588 g/mol. The Morgan fingerprint density at radius 3 is 2.46 bits per heavy atom. The molecule has 0 aliphatic rings. The Morgan fingerprint density at radius 2 is 1.77 bits per heavy atom. The molecule has 1 amide bonds. The minimum atomic E-state index is -4.54. The maximum Gasteiger partial charge on any atom is 0.296 e. The number of fused-ring (bicyclic) bond motifs is 1. The molecule has 0 aliphatic carbocycles. The number of phenolic OH excluding ortho intramolecular Hbond substituents is 1. The molecule has 0 radical (unpaired) electrons. The molecule has 0 aliphatic heterocycles. The quantitative estimate of drug-likeness (QED) is 0.142. The fourth-order valence-corrected chi connectivity index (χ4v) is 5.13.